The van der Waals surface area contributed by atoms with E-state index in [1.807, 2.05) is 6.07 Å². The number of nitrogens with one attached hydrogen (secondary N) is 2. The highest BCUT2D eigenvalue weighted by Crippen LogP contribution is 2.30. The van der Waals surface area contributed by atoms with E-state index in [0.29, 0.717) is 21.5 Å². The molecular formula is C20H14ClN3O3. The van der Waals surface area contributed by atoms with E-state index < -0.39 is 5.91 Å². The molecule has 0 fully saturated rings. The van der Waals surface area contributed by atoms with Crippen molar-refractivity contribution in [2.75, 3.05) is 10.6 Å². The molecule has 0 aliphatic carbocycles. The van der Waals surface area contributed by atoms with Crippen molar-refractivity contribution < 1.29 is 15.0 Å². The van der Waals surface area contributed by atoms with Gasteiger partial charge in [-0.2, -0.15) is 5.26 Å². The first-order valence-corrected chi connectivity index (χ1v) is 8.25. The first kappa shape index (κ1) is 18.1. The number of anilines is 2. The lowest BCUT2D eigenvalue weighted by Gasteiger charge is -2.10. The Morgan fingerprint density at radius 2 is 1.74 bits per heavy atom. The van der Waals surface area contributed by atoms with Gasteiger partial charge in [0.25, 0.3) is 5.91 Å². The number of carbonyl (C=O) groups excluding carboxylic acids is 1. The quantitative estimate of drug-likeness (QED) is 0.306. The monoisotopic (exact) mass is 379 g/mol. The summed E-state index contributed by atoms with van der Waals surface area (Å²) < 4.78 is 0. The third-order valence-electron chi connectivity index (χ3n) is 3.84. The van der Waals surface area contributed by atoms with Gasteiger partial charge < -0.3 is 20.8 Å². The summed E-state index contributed by atoms with van der Waals surface area (Å²) in [6.45, 7) is 0. The third-order valence-corrected chi connectivity index (χ3v) is 4.08. The second-order valence-corrected chi connectivity index (χ2v) is 6.04. The molecule has 0 aromatic heterocycles. The van der Waals surface area contributed by atoms with Crippen molar-refractivity contribution in [3.05, 3.63) is 71.4 Å². The number of phenols is 2. The van der Waals surface area contributed by atoms with Crippen molar-refractivity contribution in [1.29, 1.82) is 5.26 Å². The topological polar surface area (TPSA) is 105 Å². The van der Waals surface area contributed by atoms with Crippen molar-refractivity contribution in [2.24, 2.45) is 0 Å². The summed E-state index contributed by atoms with van der Waals surface area (Å²) in [5.74, 6) is -0.613. The van der Waals surface area contributed by atoms with Crippen LogP contribution in [0.2, 0.25) is 5.02 Å². The first-order chi connectivity index (χ1) is 13.0. The van der Waals surface area contributed by atoms with Crippen molar-refractivity contribution in [2.45, 2.75) is 0 Å². The molecule has 0 radical (unpaired) electrons. The number of hydrogen-bond acceptors (Lipinski definition) is 5. The number of rotatable bonds is 4. The highest BCUT2D eigenvalue weighted by atomic mass is 35.5. The summed E-state index contributed by atoms with van der Waals surface area (Å²) in [7, 11) is 0. The fourth-order valence-electron chi connectivity index (χ4n) is 2.51. The molecule has 0 heterocycles. The van der Waals surface area contributed by atoms with Gasteiger partial charge in [0.15, 0.2) is 0 Å². The van der Waals surface area contributed by atoms with Gasteiger partial charge in [-0.25, -0.2) is 0 Å². The maximum atomic E-state index is 12.5. The minimum Gasteiger partial charge on any atom is -0.507 e. The minimum atomic E-state index is -0.637. The molecule has 134 valence electrons. The molecule has 0 aliphatic heterocycles. The Morgan fingerprint density at radius 3 is 2.52 bits per heavy atom. The van der Waals surface area contributed by atoms with Crippen LogP contribution in [0.15, 0.2) is 66.4 Å². The van der Waals surface area contributed by atoms with Crippen LogP contribution in [0.3, 0.4) is 0 Å². The molecule has 27 heavy (non-hydrogen) atoms. The lowest BCUT2D eigenvalue weighted by Crippen LogP contribution is -2.14. The zero-order valence-electron chi connectivity index (χ0n) is 13.9. The number of benzene rings is 3. The van der Waals surface area contributed by atoms with E-state index in [0.717, 1.165) is 0 Å². The van der Waals surface area contributed by atoms with Crippen LogP contribution in [0, 0.1) is 11.3 Å². The summed E-state index contributed by atoms with van der Waals surface area (Å²) in [4.78, 5) is 12.5. The van der Waals surface area contributed by atoms with Crippen LogP contribution >= 0.6 is 11.6 Å². The highest BCUT2D eigenvalue weighted by molar-refractivity contribution is 6.31. The maximum Gasteiger partial charge on any atom is 0.267 e. The normalized spacial score (nSPS) is 11.0. The molecule has 0 saturated carbocycles. The van der Waals surface area contributed by atoms with Crippen molar-refractivity contribution >= 4 is 39.7 Å². The highest BCUT2D eigenvalue weighted by Gasteiger charge is 2.12. The molecule has 0 aliphatic rings. The van der Waals surface area contributed by atoms with E-state index >= 15 is 0 Å². The number of phenolic OH excluding ortho intramolecular Hbond substituents is 2. The SMILES string of the molecule is N#C/C(=C/Nc1cc(Cl)ccc1O)C(=O)Nc1cccc2c(O)cccc12. The zero-order valence-corrected chi connectivity index (χ0v) is 14.7. The van der Waals surface area contributed by atoms with Crippen LogP contribution in [0.4, 0.5) is 11.4 Å². The van der Waals surface area contributed by atoms with E-state index in [2.05, 4.69) is 10.6 Å². The predicted octanol–water partition coefficient (Wildman–Crippen LogP) is 4.36. The van der Waals surface area contributed by atoms with Crippen molar-refractivity contribution in [3.63, 3.8) is 0 Å². The summed E-state index contributed by atoms with van der Waals surface area (Å²) in [5.41, 5.74) is 0.518. The third kappa shape index (κ3) is 3.94. The van der Waals surface area contributed by atoms with Crippen LogP contribution in [0.1, 0.15) is 0 Å². The van der Waals surface area contributed by atoms with Gasteiger partial charge in [-0.15, -0.1) is 0 Å². The predicted molar refractivity (Wildman–Crippen MR) is 105 cm³/mol. The van der Waals surface area contributed by atoms with Crippen LogP contribution in [0.5, 0.6) is 11.5 Å². The number of halogens is 1. The molecule has 6 nitrogen and oxygen atoms in total. The molecule has 4 N–H and O–H groups in total. The fraction of sp³-hybridized carbons (Fsp3) is 0. The van der Waals surface area contributed by atoms with E-state index in [9.17, 15) is 20.3 Å². The van der Waals surface area contributed by atoms with E-state index in [1.54, 1.807) is 36.4 Å². The van der Waals surface area contributed by atoms with Gasteiger partial charge in [0.1, 0.15) is 23.1 Å². The summed E-state index contributed by atoms with van der Waals surface area (Å²) in [6.07, 6.45) is 1.18. The molecule has 3 aromatic carbocycles. The van der Waals surface area contributed by atoms with Gasteiger partial charge in [-0.05, 0) is 30.3 Å². The number of fused-ring (bicyclic) bond motifs is 1. The first-order valence-electron chi connectivity index (χ1n) is 7.87. The van der Waals surface area contributed by atoms with Gasteiger partial charge in [0.2, 0.25) is 0 Å². The number of hydrogen-bond donors (Lipinski definition) is 4. The number of amides is 1. The average Bonchev–Trinajstić information content (AvgIpc) is 2.66. The van der Waals surface area contributed by atoms with E-state index in [1.165, 1.54) is 24.4 Å². The Labute approximate surface area is 159 Å². The molecule has 0 spiro atoms. The molecule has 0 unspecified atom stereocenters. The molecule has 1 amide bonds. The Balaban J connectivity index is 1.85. The molecular weight excluding hydrogens is 366 g/mol. The fourth-order valence-corrected chi connectivity index (χ4v) is 2.69. The van der Waals surface area contributed by atoms with E-state index in [-0.39, 0.29) is 22.8 Å². The van der Waals surface area contributed by atoms with Crippen LogP contribution in [-0.4, -0.2) is 16.1 Å². The lowest BCUT2D eigenvalue weighted by molar-refractivity contribution is -0.112. The number of nitriles is 1. The van der Waals surface area contributed by atoms with Crippen LogP contribution in [0.25, 0.3) is 10.8 Å². The molecule has 0 saturated heterocycles. The summed E-state index contributed by atoms with van der Waals surface area (Å²) >= 11 is 5.87. The average molecular weight is 380 g/mol. The molecule has 3 rings (SSSR count). The second-order valence-electron chi connectivity index (χ2n) is 5.61. The zero-order chi connectivity index (χ0) is 19.4. The smallest absolute Gasteiger partial charge is 0.267 e. The maximum absolute atomic E-state index is 12.5. The van der Waals surface area contributed by atoms with Crippen LogP contribution in [-0.2, 0) is 4.79 Å². The Hall–Kier alpha value is -3.69. The molecule has 0 bridgehead atoms. The van der Waals surface area contributed by atoms with Crippen molar-refractivity contribution in [1.82, 2.24) is 0 Å². The Bertz CT molecular complexity index is 1100. The van der Waals surface area contributed by atoms with Gasteiger partial charge in [-0.1, -0.05) is 35.9 Å². The van der Waals surface area contributed by atoms with Crippen LogP contribution < -0.4 is 10.6 Å². The standard InChI is InChI=1S/C20H14ClN3O3/c21-13-7-8-19(26)17(9-13)23-11-12(10-22)20(27)24-16-5-1-4-15-14(16)3-2-6-18(15)25/h1-9,11,23,25-26H,(H,24,27)/b12-11-. The van der Waals surface area contributed by atoms with E-state index in [4.69, 9.17) is 11.6 Å². The molecule has 3 aromatic rings. The minimum absolute atomic E-state index is 0.0714. The number of nitrogens with zero attached hydrogens (tertiary/aromatic N) is 1. The largest absolute Gasteiger partial charge is 0.507 e. The Morgan fingerprint density at radius 1 is 1.00 bits per heavy atom. The number of aromatic hydroxyl groups is 2. The second kappa shape index (κ2) is 7.68. The van der Waals surface area contributed by atoms with Gasteiger partial charge in [-0.3, -0.25) is 4.79 Å². The molecule has 7 heteroatoms. The van der Waals surface area contributed by atoms with Gasteiger partial charge >= 0.3 is 0 Å². The van der Waals surface area contributed by atoms with Crippen molar-refractivity contribution in [3.8, 4) is 17.6 Å². The summed E-state index contributed by atoms with van der Waals surface area (Å²) in [5, 5.41) is 36.0. The molecule has 0 atom stereocenters. The van der Waals surface area contributed by atoms with Gasteiger partial charge in [0, 0.05) is 27.7 Å². The number of carbonyl (C=O) groups is 1. The Kier molecular flexibility index (Phi) is 5.15. The lowest BCUT2D eigenvalue weighted by atomic mass is 10.1. The summed E-state index contributed by atoms with van der Waals surface area (Å²) in [6, 6.07) is 16.2. The van der Waals surface area contributed by atoms with Gasteiger partial charge in [0.05, 0.1) is 5.69 Å².